The van der Waals surface area contributed by atoms with Crippen LogP contribution in [0.2, 0.25) is 0 Å². The molecule has 0 spiro atoms. The van der Waals surface area contributed by atoms with Crippen molar-refractivity contribution in [3.8, 4) is 0 Å². The number of benzene rings is 3. The molecule has 0 saturated carbocycles. The summed E-state index contributed by atoms with van der Waals surface area (Å²) in [6.45, 7) is 8.75. The summed E-state index contributed by atoms with van der Waals surface area (Å²) in [7, 11) is 0. The maximum absolute atomic E-state index is 2.27. The second-order valence-electron chi connectivity index (χ2n) is 6.51. The largest absolute Gasteiger partial charge is 0.0622 e. The van der Waals surface area contributed by atoms with Crippen LogP contribution >= 0.6 is 0 Å². The zero-order chi connectivity index (χ0) is 16.7. The van der Waals surface area contributed by atoms with E-state index in [1.807, 2.05) is 18.2 Å². The highest BCUT2D eigenvalue weighted by Crippen LogP contribution is 2.31. The van der Waals surface area contributed by atoms with E-state index in [4.69, 9.17) is 0 Å². The SMILES string of the molecule is Cc1ccc(C(C)(C)c2ccccc2)cc1.Cc1ccccc1. The quantitative estimate of drug-likeness (QED) is 0.520. The fourth-order valence-corrected chi connectivity index (χ4v) is 2.53. The van der Waals surface area contributed by atoms with Gasteiger partial charge in [-0.2, -0.15) is 0 Å². The monoisotopic (exact) mass is 302 g/mol. The predicted molar refractivity (Wildman–Crippen MR) is 101 cm³/mol. The molecule has 3 rings (SSSR count). The Morgan fingerprint density at radius 3 is 1.30 bits per heavy atom. The molecule has 118 valence electrons. The Kier molecular flexibility index (Phi) is 5.76. The maximum atomic E-state index is 2.27. The van der Waals surface area contributed by atoms with E-state index in [2.05, 4.69) is 94.4 Å². The summed E-state index contributed by atoms with van der Waals surface area (Å²) in [5.41, 5.74) is 5.44. The molecule has 0 amide bonds. The van der Waals surface area contributed by atoms with Gasteiger partial charge in [-0.1, -0.05) is 110 Å². The molecule has 3 aromatic carbocycles. The first-order chi connectivity index (χ1) is 11.0. The molecular weight excluding hydrogens is 276 g/mol. The number of rotatable bonds is 2. The topological polar surface area (TPSA) is 0 Å². The van der Waals surface area contributed by atoms with Crippen LogP contribution in [0.1, 0.15) is 36.1 Å². The first-order valence-corrected chi connectivity index (χ1v) is 8.14. The Bertz CT molecular complexity index is 692. The van der Waals surface area contributed by atoms with Gasteiger partial charge in [0.15, 0.2) is 0 Å². The highest BCUT2D eigenvalue weighted by molar-refractivity contribution is 5.38. The maximum Gasteiger partial charge on any atom is 0.0146 e. The lowest BCUT2D eigenvalue weighted by Crippen LogP contribution is -2.18. The fourth-order valence-electron chi connectivity index (χ4n) is 2.53. The van der Waals surface area contributed by atoms with Crippen LogP contribution in [0.25, 0.3) is 0 Å². The van der Waals surface area contributed by atoms with Gasteiger partial charge in [-0.05, 0) is 25.0 Å². The van der Waals surface area contributed by atoms with Crippen LogP contribution in [0.5, 0.6) is 0 Å². The van der Waals surface area contributed by atoms with E-state index >= 15 is 0 Å². The van der Waals surface area contributed by atoms with Gasteiger partial charge in [0.2, 0.25) is 0 Å². The lowest BCUT2D eigenvalue weighted by molar-refractivity contribution is 0.640. The molecule has 0 N–H and O–H groups in total. The van der Waals surface area contributed by atoms with Crippen LogP contribution in [0, 0.1) is 13.8 Å². The van der Waals surface area contributed by atoms with Gasteiger partial charge in [0.1, 0.15) is 0 Å². The van der Waals surface area contributed by atoms with Crippen LogP contribution < -0.4 is 0 Å². The molecule has 0 saturated heterocycles. The third-order valence-corrected chi connectivity index (χ3v) is 4.21. The van der Waals surface area contributed by atoms with Gasteiger partial charge in [0.05, 0.1) is 0 Å². The lowest BCUT2D eigenvalue weighted by Gasteiger charge is -2.26. The molecule has 0 radical (unpaired) electrons. The molecule has 0 unspecified atom stereocenters. The summed E-state index contributed by atoms with van der Waals surface area (Å²) in [5.74, 6) is 0. The molecule has 23 heavy (non-hydrogen) atoms. The van der Waals surface area contributed by atoms with Crippen molar-refractivity contribution in [2.45, 2.75) is 33.1 Å². The molecule has 0 heteroatoms. The molecule has 0 aliphatic rings. The predicted octanol–water partition coefficient (Wildman–Crippen LogP) is 6.32. The van der Waals surface area contributed by atoms with Crippen LogP contribution in [0.15, 0.2) is 84.9 Å². The fraction of sp³-hybridized carbons (Fsp3) is 0.217. The van der Waals surface area contributed by atoms with Crippen molar-refractivity contribution in [1.82, 2.24) is 0 Å². The number of aryl methyl sites for hydroxylation is 2. The van der Waals surface area contributed by atoms with Gasteiger partial charge in [-0.25, -0.2) is 0 Å². The summed E-state index contributed by atoms with van der Waals surface area (Å²) < 4.78 is 0. The highest BCUT2D eigenvalue weighted by atomic mass is 14.3. The van der Waals surface area contributed by atoms with Crippen LogP contribution in [0.4, 0.5) is 0 Å². The lowest BCUT2D eigenvalue weighted by atomic mass is 9.78. The van der Waals surface area contributed by atoms with Gasteiger partial charge < -0.3 is 0 Å². The summed E-state index contributed by atoms with van der Waals surface area (Å²) in [6, 6.07) is 29.7. The summed E-state index contributed by atoms with van der Waals surface area (Å²) in [5, 5.41) is 0. The first-order valence-electron chi connectivity index (χ1n) is 8.14. The van der Waals surface area contributed by atoms with E-state index in [0.717, 1.165) is 0 Å². The van der Waals surface area contributed by atoms with E-state index in [0.29, 0.717) is 0 Å². The van der Waals surface area contributed by atoms with E-state index in [9.17, 15) is 0 Å². The smallest absolute Gasteiger partial charge is 0.0146 e. The summed E-state index contributed by atoms with van der Waals surface area (Å²) in [4.78, 5) is 0. The van der Waals surface area contributed by atoms with E-state index in [-0.39, 0.29) is 5.41 Å². The van der Waals surface area contributed by atoms with Gasteiger partial charge >= 0.3 is 0 Å². The van der Waals surface area contributed by atoms with E-state index in [1.165, 1.54) is 22.3 Å². The third-order valence-electron chi connectivity index (χ3n) is 4.21. The van der Waals surface area contributed by atoms with Crippen molar-refractivity contribution >= 4 is 0 Å². The van der Waals surface area contributed by atoms with Crippen molar-refractivity contribution in [3.63, 3.8) is 0 Å². The number of hydrogen-bond acceptors (Lipinski definition) is 0. The Labute approximate surface area is 140 Å². The average Bonchev–Trinajstić information content (AvgIpc) is 2.57. The van der Waals surface area contributed by atoms with Gasteiger partial charge in [0, 0.05) is 5.41 Å². The standard InChI is InChI=1S/C16H18.C7H8/c1-13-9-11-15(12-10-13)16(2,3)14-7-5-4-6-8-14;1-7-5-3-2-4-6-7/h4-12H,1-3H3;2-6H,1H3. The van der Waals surface area contributed by atoms with E-state index in [1.54, 1.807) is 0 Å². The minimum Gasteiger partial charge on any atom is -0.0622 e. The molecule has 0 fully saturated rings. The molecule has 0 heterocycles. The molecule has 0 aliphatic carbocycles. The molecule has 0 atom stereocenters. The van der Waals surface area contributed by atoms with Gasteiger partial charge in [-0.3, -0.25) is 0 Å². The minimum atomic E-state index is 0.0783. The third kappa shape index (κ3) is 4.82. The highest BCUT2D eigenvalue weighted by Gasteiger charge is 2.22. The molecule has 0 aromatic heterocycles. The molecule has 0 aliphatic heterocycles. The zero-order valence-corrected chi connectivity index (χ0v) is 14.6. The number of hydrogen-bond donors (Lipinski definition) is 0. The average molecular weight is 302 g/mol. The van der Waals surface area contributed by atoms with Crippen LogP contribution in [0.3, 0.4) is 0 Å². The molecular formula is C23H26. The second-order valence-corrected chi connectivity index (χ2v) is 6.51. The van der Waals surface area contributed by atoms with Crippen LogP contribution in [-0.2, 0) is 5.41 Å². The Morgan fingerprint density at radius 2 is 0.870 bits per heavy atom. The first kappa shape index (κ1) is 17.0. The van der Waals surface area contributed by atoms with Crippen molar-refractivity contribution in [2.75, 3.05) is 0 Å². The molecule has 0 bridgehead atoms. The normalized spacial score (nSPS) is 10.6. The second kappa shape index (κ2) is 7.78. The van der Waals surface area contributed by atoms with Gasteiger partial charge in [0.25, 0.3) is 0 Å². The summed E-state index contributed by atoms with van der Waals surface area (Å²) >= 11 is 0. The molecule has 0 nitrogen and oxygen atoms in total. The van der Waals surface area contributed by atoms with Crippen molar-refractivity contribution < 1.29 is 0 Å². The minimum absolute atomic E-state index is 0.0783. The Morgan fingerprint density at radius 1 is 0.478 bits per heavy atom. The summed E-state index contributed by atoms with van der Waals surface area (Å²) in [6.07, 6.45) is 0. The van der Waals surface area contributed by atoms with Crippen molar-refractivity contribution in [3.05, 3.63) is 107 Å². The van der Waals surface area contributed by atoms with E-state index < -0.39 is 0 Å². The van der Waals surface area contributed by atoms with Gasteiger partial charge in [-0.15, -0.1) is 0 Å². The Balaban J connectivity index is 0.000000229. The zero-order valence-electron chi connectivity index (χ0n) is 14.6. The van der Waals surface area contributed by atoms with Crippen molar-refractivity contribution in [1.29, 1.82) is 0 Å². The van der Waals surface area contributed by atoms with Crippen LogP contribution in [-0.4, -0.2) is 0 Å². The Hall–Kier alpha value is -2.34. The van der Waals surface area contributed by atoms with Crippen molar-refractivity contribution in [2.24, 2.45) is 0 Å². The molecule has 3 aromatic rings.